The lowest BCUT2D eigenvalue weighted by Gasteiger charge is -2.34. The molecule has 1 aliphatic rings. The predicted octanol–water partition coefficient (Wildman–Crippen LogP) is -1.91. The zero-order valence-electron chi connectivity index (χ0n) is 6.03. The van der Waals surface area contributed by atoms with Gasteiger partial charge in [0.2, 0.25) is 0 Å². The molecule has 0 amide bonds. The van der Waals surface area contributed by atoms with E-state index in [0.717, 1.165) is 12.8 Å². The molecule has 0 radical (unpaired) electrons. The molecule has 2 unspecified atom stereocenters. The minimum Gasteiger partial charge on any atom is -0.328 e. The topological polar surface area (TPSA) is 104 Å². The molecule has 2 atom stereocenters. The summed E-state index contributed by atoms with van der Waals surface area (Å²) in [7, 11) is 0. The van der Waals surface area contributed by atoms with Crippen molar-refractivity contribution in [2.45, 2.75) is 37.0 Å². The van der Waals surface area contributed by atoms with Crippen LogP contribution in [0.2, 0.25) is 0 Å². The number of nitrogens with two attached hydrogens (primary N) is 4. The van der Waals surface area contributed by atoms with Gasteiger partial charge in [-0.2, -0.15) is 0 Å². The van der Waals surface area contributed by atoms with Crippen molar-refractivity contribution in [1.29, 1.82) is 0 Å². The molecule has 60 valence electrons. The Morgan fingerprint density at radius 1 is 0.800 bits per heavy atom. The van der Waals surface area contributed by atoms with Gasteiger partial charge < -0.3 is 22.9 Å². The molecular formula is C6H16N4. The highest BCUT2D eigenvalue weighted by atomic mass is 14.9. The van der Waals surface area contributed by atoms with Crippen LogP contribution in [0.25, 0.3) is 0 Å². The van der Waals surface area contributed by atoms with Crippen molar-refractivity contribution in [3.63, 3.8) is 0 Å². The third-order valence-corrected chi connectivity index (χ3v) is 2.14. The van der Waals surface area contributed by atoms with Gasteiger partial charge in [0.15, 0.2) is 0 Å². The van der Waals surface area contributed by atoms with Crippen LogP contribution in [-0.4, -0.2) is 24.2 Å². The highest BCUT2D eigenvalue weighted by Crippen LogP contribution is 2.13. The Hall–Kier alpha value is -0.160. The zero-order chi connectivity index (χ0) is 7.72. The van der Waals surface area contributed by atoms with E-state index >= 15 is 0 Å². The maximum absolute atomic E-state index is 5.68. The Morgan fingerprint density at radius 3 is 1.60 bits per heavy atom. The van der Waals surface area contributed by atoms with E-state index < -0.39 is 0 Å². The molecule has 0 spiro atoms. The molecule has 0 aromatic rings. The largest absolute Gasteiger partial charge is 0.328 e. The molecule has 10 heavy (non-hydrogen) atoms. The van der Waals surface area contributed by atoms with E-state index in [9.17, 15) is 0 Å². The van der Waals surface area contributed by atoms with Crippen LogP contribution in [0.3, 0.4) is 0 Å². The third kappa shape index (κ3) is 1.46. The Balaban J connectivity index is 2.49. The fourth-order valence-corrected chi connectivity index (χ4v) is 1.43. The minimum absolute atomic E-state index is 0.0150. The molecule has 1 fully saturated rings. The SMILES string of the molecule is NC1CC(N)C(N)C(N)C1. The van der Waals surface area contributed by atoms with Crippen LogP contribution in [-0.2, 0) is 0 Å². The van der Waals surface area contributed by atoms with Crippen LogP contribution in [0.15, 0.2) is 0 Å². The predicted molar refractivity (Wildman–Crippen MR) is 41.1 cm³/mol. The van der Waals surface area contributed by atoms with Crippen LogP contribution >= 0.6 is 0 Å². The summed E-state index contributed by atoms with van der Waals surface area (Å²) in [5.74, 6) is 0. The Bertz CT molecular complexity index is 104. The molecular weight excluding hydrogens is 128 g/mol. The van der Waals surface area contributed by atoms with Gasteiger partial charge in [0.25, 0.3) is 0 Å². The van der Waals surface area contributed by atoms with E-state index in [1.807, 2.05) is 0 Å². The lowest BCUT2D eigenvalue weighted by Crippen LogP contribution is -2.60. The van der Waals surface area contributed by atoms with Crippen molar-refractivity contribution >= 4 is 0 Å². The fourth-order valence-electron chi connectivity index (χ4n) is 1.43. The van der Waals surface area contributed by atoms with Gasteiger partial charge in [-0.15, -0.1) is 0 Å². The summed E-state index contributed by atoms with van der Waals surface area (Å²) in [6.07, 6.45) is 1.60. The van der Waals surface area contributed by atoms with Crippen molar-refractivity contribution in [2.75, 3.05) is 0 Å². The van der Waals surface area contributed by atoms with Crippen LogP contribution in [0.1, 0.15) is 12.8 Å². The van der Waals surface area contributed by atoms with Crippen LogP contribution in [0.5, 0.6) is 0 Å². The lowest BCUT2D eigenvalue weighted by molar-refractivity contribution is 0.308. The average Bonchev–Trinajstić information content (AvgIpc) is 1.82. The van der Waals surface area contributed by atoms with E-state index in [0.29, 0.717) is 0 Å². The normalized spacial score (nSPS) is 49.2. The standard InChI is InChI=1S/C6H16N4/c7-3-1-4(8)6(10)5(9)2-3/h3-6H,1-2,7-10H2. The van der Waals surface area contributed by atoms with Crippen molar-refractivity contribution in [1.82, 2.24) is 0 Å². The van der Waals surface area contributed by atoms with Gasteiger partial charge in [0.1, 0.15) is 0 Å². The molecule has 4 heteroatoms. The van der Waals surface area contributed by atoms with E-state index in [-0.39, 0.29) is 24.2 Å². The van der Waals surface area contributed by atoms with Gasteiger partial charge in [-0.25, -0.2) is 0 Å². The van der Waals surface area contributed by atoms with Gasteiger partial charge in [-0.3, -0.25) is 0 Å². The summed E-state index contributed by atoms with van der Waals surface area (Å²) in [6, 6.07) is 0.0436. The smallest absolute Gasteiger partial charge is 0.0347 e. The first-order valence-electron chi connectivity index (χ1n) is 3.63. The third-order valence-electron chi connectivity index (χ3n) is 2.14. The molecule has 1 aliphatic carbocycles. The molecule has 0 aromatic heterocycles. The summed E-state index contributed by atoms with van der Waals surface area (Å²) < 4.78 is 0. The summed E-state index contributed by atoms with van der Waals surface area (Å²) >= 11 is 0. The molecule has 0 bridgehead atoms. The second kappa shape index (κ2) is 2.84. The second-order valence-electron chi connectivity index (χ2n) is 3.14. The number of hydrogen-bond donors (Lipinski definition) is 4. The monoisotopic (exact) mass is 144 g/mol. The maximum Gasteiger partial charge on any atom is 0.0347 e. The first-order valence-corrected chi connectivity index (χ1v) is 3.63. The Morgan fingerprint density at radius 2 is 1.20 bits per heavy atom. The van der Waals surface area contributed by atoms with E-state index in [4.69, 9.17) is 22.9 Å². The number of hydrogen-bond acceptors (Lipinski definition) is 4. The first kappa shape index (κ1) is 7.94. The van der Waals surface area contributed by atoms with Crippen molar-refractivity contribution in [2.24, 2.45) is 22.9 Å². The molecule has 0 saturated heterocycles. The summed E-state index contributed by atoms with van der Waals surface area (Å²) in [6.45, 7) is 0. The summed E-state index contributed by atoms with van der Waals surface area (Å²) in [5, 5.41) is 0. The van der Waals surface area contributed by atoms with Crippen molar-refractivity contribution < 1.29 is 0 Å². The lowest BCUT2D eigenvalue weighted by atomic mass is 9.85. The quantitative estimate of drug-likeness (QED) is 0.318. The van der Waals surface area contributed by atoms with Crippen molar-refractivity contribution in [3.8, 4) is 0 Å². The minimum atomic E-state index is -0.0696. The highest BCUT2D eigenvalue weighted by molar-refractivity contribution is 4.94. The molecule has 0 aliphatic heterocycles. The van der Waals surface area contributed by atoms with Crippen LogP contribution < -0.4 is 22.9 Å². The molecule has 0 aromatic carbocycles. The van der Waals surface area contributed by atoms with E-state index in [1.165, 1.54) is 0 Å². The molecule has 8 N–H and O–H groups in total. The van der Waals surface area contributed by atoms with Gasteiger partial charge in [-0.1, -0.05) is 0 Å². The van der Waals surface area contributed by atoms with E-state index in [2.05, 4.69) is 0 Å². The Labute approximate surface area is 60.9 Å². The van der Waals surface area contributed by atoms with Crippen LogP contribution in [0, 0.1) is 0 Å². The highest BCUT2D eigenvalue weighted by Gasteiger charge is 2.29. The maximum atomic E-state index is 5.68. The van der Waals surface area contributed by atoms with Gasteiger partial charge in [0, 0.05) is 24.2 Å². The molecule has 1 rings (SSSR count). The summed E-state index contributed by atoms with van der Waals surface area (Å²) in [4.78, 5) is 0. The zero-order valence-corrected chi connectivity index (χ0v) is 6.03. The first-order chi connectivity index (χ1) is 4.61. The van der Waals surface area contributed by atoms with Gasteiger partial charge >= 0.3 is 0 Å². The molecule has 0 heterocycles. The van der Waals surface area contributed by atoms with Crippen molar-refractivity contribution in [3.05, 3.63) is 0 Å². The number of rotatable bonds is 0. The Kier molecular flexibility index (Phi) is 2.25. The van der Waals surface area contributed by atoms with E-state index in [1.54, 1.807) is 0 Å². The average molecular weight is 144 g/mol. The second-order valence-corrected chi connectivity index (χ2v) is 3.14. The molecule has 4 nitrogen and oxygen atoms in total. The fraction of sp³-hybridized carbons (Fsp3) is 1.00. The van der Waals surface area contributed by atoms with Gasteiger partial charge in [-0.05, 0) is 12.8 Å². The molecule has 1 saturated carbocycles. The van der Waals surface area contributed by atoms with Crippen LogP contribution in [0.4, 0.5) is 0 Å². The summed E-state index contributed by atoms with van der Waals surface area (Å²) in [5.41, 5.74) is 22.7. The van der Waals surface area contributed by atoms with Gasteiger partial charge in [0.05, 0.1) is 0 Å².